The maximum atomic E-state index is 15.0. The third-order valence-corrected chi connectivity index (χ3v) is 9.45. The van der Waals surface area contributed by atoms with Crippen molar-refractivity contribution >= 4 is 45.0 Å². The number of rotatable bonds is 12. The Labute approximate surface area is 305 Å². The van der Waals surface area contributed by atoms with Crippen molar-refractivity contribution in [2.24, 2.45) is 5.92 Å². The summed E-state index contributed by atoms with van der Waals surface area (Å²) in [5, 5.41) is 5.49. The van der Waals surface area contributed by atoms with Gasteiger partial charge in [-0.2, -0.15) is 0 Å². The number of amides is 2. The van der Waals surface area contributed by atoms with Gasteiger partial charge in [-0.15, -0.1) is 11.3 Å². The Kier molecular flexibility index (Phi) is 11.7. The topological polar surface area (TPSA) is 110 Å². The highest BCUT2D eigenvalue weighted by Crippen LogP contribution is 2.39. The van der Waals surface area contributed by atoms with Gasteiger partial charge in [-0.25, -0.2) is 13.6 Å². The summed E-state index contributed by atoms with van der Waals surface area (Å²) >= 11 is 1.29. The van der Waals surface area contributed by atoms with Gasteiger partial charge in [0.2, 0.25) is 11.3 Å². The molecule has 0 aliphatic heterocycles. The van der Waals surface area contributed by atoms with Crippen molar-refractivity contribution in [1.82, 2.24) is 14.8 Å². The summed E-state index contributed by atoms with van der Waals surface area (Å²) in [5.41, 5.74) is 1.56. The van der Waals surface area contributed by atoms with Crippen molar-refractivity contribution in [2.45, 2.75) is 59.9 Å². The zero-order chi connectivity index (χ0) is 37.7. The molecule has 2 amide bonds. The summed E-state index contributed by atoms with van der Waals surface area (Å²) in [4.78, 5) is 55.6. The maximum absolute atomic E-state index is 15.0. The van der Waals surface area contributed by atoms with Crippen LogP contribution >= 0.6 is 11.3 Å². The third-order valence-electron chi connectivity index (χ3n) is 8.13. The molecular weight excluding hydrogens is 687 g/mol. The van der Waals surface area contributed by atoms with Crippen molar-refractivity contribution in [3.63, 3.8) is 0 Å². The second-order valence-corrected chi connectivity index (χ2v) is 14.9. The quantitative estimate of drug-likeness (QED) is 0.126. The SMILES string of the molecule is CC(C)C(=O)c1cn(Cc2c(F)cccc2F)c2sc(-c3ccc(NC(=O)CNC(=O)OC(C)(C)C)cc3)c(CN(C)Cc3ccccc3)c2c1=O. The molecule has 0 unspecified atom stereocenters. The molecule has 2 aromatic heterocycles. The van der Waals surface area contributed by atoms with Gasteiger partial charge in [0.25, 0.3) is 0 Å². The number of Topliss-reactive ketones (excluding diaryl/α,β-unsaturated/α-hetero) is 1. The first-order chi connectivity index (χ1) is 24.6. The summed E-state index contributed by atoms with van der Waals surface area (Å²) in [6.45, 7) is 8.93. The largest absolute Gasteiger partial charge is 0.444 e. The van der Waals surface area contributed by atoms with Gasteiger partial charge in [-0.3, -0.25) is 19.3 Å². The van der Waals surface area contributed by atoms with E-state index in [0.717, 1.165) is 16.0 Å². The molecule has 0 aliphatic carbocycles. The van der Waals surface area contributed by atoms with Gasteiger partial charge >= 0.3 is 6.09 Å². The Balaban J connectivity index is 1.58. The molecule has 0 spiro atoms. The highest BCUT2D eigenvalue weighted by Gasteiger charge is 2.26. The molecule has 0 radical (unpaired) electrons. The van der Waals surface area contributed by atoms with Gasteiger partial charge in [-0.05, 0) is 68.8 Å². The van der Waals surface area contributed by atoms with Crippen LogP contribution in [0.25, 0.3) is 20.7 Å². The lowest BCUT2D eigenvalue weighted by molar-refractivity contribution is -0.115. The molecule has 0 aliphatic rings. The monoisotopic (exact) mass is 728 g/mol. The van der Waals surface area contributed by atoms with Gasteiger partial charge in [0, 0.05) is 41.3 Å². The van der Waals surface area contributed by atoms with Crippen molar-refractivity contribution in [2.75, 3.05) is 18.9 Å². The highest BCUT2D eigenvalue weighted by atomic mass is 32.1. The Hall–Kier alpha value is -5.20. The van der Waals surface area contributed by atoms with E-state index < -0.39 is 40.6 Å². The van der Waals surface area contributed by atoms with Crippen LogP contribution in [0.2, 0.25) is 0 Å². The molecule has 0 saturated heterocycles. The first kappa shape index (κ1) is 38.0. The van der Waals surface area contributed by atoms with Crippen molar-refractivity contribution in [3.8, 4) is 10.4 Å². The predicted molar refractivity (Wildman–Crippen MR) is 201 cm³/mol. The molecule has 12 heteroatoms. The van der Waals surface area contributed by atoms with Crippen LogP contribution in [0.3, 0.4) is 0 Å². The number of carbonyl (C=O) groups is 3. The predicted octanol–water partition coefficient (Wildman–Crippen LogP) is 7.99. The molecule has 2 N–H and O–H groups in total. The number of hydrogen-bond donors (Lipinski definition) is 2. The number of nitrogens with one attached hydrogen (secondary N) is 2. The van der Waals surface area contributed by atoms with E-state index in [2.05, 4.69) is 15.5 Å². The molecule has 5 rings (SSSR count). The van der Waals surface area contributed by atoms with E-state index in [1.807, 2.05) is 37.4 Å². The Morgan fingerprint density at radius 3 is 2.17 bits per heavy atom. The minimum atomic E-state index is -0.734. The van der Waals surface area contributed by atoms with E-state index in [1.54, 1.807) is 63.5 Å². The normalized spacial score (nSPS) is 11.7. The molecule has 0 atom stereocenters. The average Bonchev–Trinajstić information content (AvgIpc) is 3.45. The number of ether oxygens (including phenoxy) is 1. The van der Waals surface area contributed by atoms with E-state index in [0.29, 0.717) is 34.6 Å². The number of halogens is 2. The van der Waals surface area contributed by atoms with Crippen LogP contribution in [0, 0.1) is 17.6 Å². The molecule has 0 bridgehead atoms. The zero-order valence-corrected chi connectivity index (χ0v) is 30.8. The van der Waals surface area contributed by atoms with E-state index in [1.165, 1.54) is 35.7 Å². The van der Waals surface area contributed by atoms with Crippen molar-refractivity contribution in [1.29, 1.82) is 0 Å². The second kappa shape index (κ2) is 16.0. The summed E-state index contributed by atoms with van der Waals surface area (Å²) in [6.07, 6.45) is 0.708. The molecule has 5 aromatic rings. The van der Waals surface area contributed by atoms with Gasteiger partial charge in [0.15, 0.2) is 5.78 Å². The number of anilines is 1. The van der Waals surface area contributed by atoms with Crippen LogP contribution in [0.4, 0.5) is 19.3 Å². The number of ketones is 1. The smallest absolute Gasteiger partial charge is 0.408 e. The summed E-state index contributed by atoms with van der Waals surface area (Å²) in [6, 6.07) is 20.5. The van der Waals surface area contributed by atoms with Gasteiger partial charge in [0.1, 0.15) is 28.6 Å². The van der Waals surface area contributed by atoms with E-state index in [4.69, 9.17) is 4.74 Å². The second-order valence-electron chi connectivity index (χ2n) is 13.9. The summed E-state index contributed by atoms with van der Waals surface area (Å²) in [5.74, 6) is -2.78. The van der Waals surface area contributed by atoms with Gasteiger partial charge < -0.3 is 19.9 Å². The van der Waals surface area contributed by atoms with E-state index >= 15 is 0 Å². The number of carbonyl (C=O) groups excluding carboxylic acids is 3. The fourth-order valence-electron chi connectivity index (χ4n) is 5.74. The van der Waals surface area contributed by atoms with Crippen LogP contribution in [0.1, 0.15) is 61.7 Å². The molecule has 52 heavy (non-hydrogen) atoms. The molecule has 0 fully saturated rings. The minimum absolute atomic E-state index is 0.0476. The van der Waals surface area contributed by atoms with Crippen LogP contribution in [-0.4, -0.2) is 46.4 Å². The number of aromatic nitrogens is 1. The number of fused-ring (bicyclic) bond motifs is 1. The standard InChI is InChI=1S/C40H42F2N4O5S/c1-24(2)35(48)30-23-46(22-28-31(41)13-10-14-32(28)42)38-34(36(30)49)29(21-45(6)20-25-11-8-7-9-12-25)37(52-38)26-15-17-27(18-16-26)44-33(47)19-43-39(50)51-40(3,4)5/h7-18,23-24H,19-22H2,1-6H3,(H,43,50)(H,44,47). The highest BCUT2D eigenvalue weighted by molar-refractivity contribution is 7.22. The number of thiophene rings is 1. The lowest BCUT2D eigenvalue weighted by Crippen LogP contribution is -2.37. The molecule has 3 aromatic carbocycles. The lowest BCUT2D eigenvalue weighted by atomic mass is 9.99. The maximum Gasteiger partial charge on any atom is 0.408 e. The third kappa shape index (κ3) is 9.17. The van der Waals surface area contributed by atoms with E-state index in [9.17, 15) is 28.0 Å². The Morgan fingerprint density at radius 1 is 0.904 bits per heavy atom. The van der Waals surface area contributed by atoms with Crippen LogP contribution < -0.4 is 16.1 Å². The number of benzene rings is 3. The van der Waals surface area contributed by atoms with E-state index in [-0.39, 0.29) is 30.0 Å². The fourth-order valence-corrected chi connectivity index (χ4v) is 7.03. The van der Waals surface area contributed by atoms with Gasteiger partial charge in [0.05, 0.1) is 17.5 Å². The summed E-state index contributed by atoms with van der Waals surface area (Å²) < 4.78 is 36.7. The fraction of sp³-hybridized carbons (Fsp3) is 0.300. The van der Waals surface area contributed by atoms with Crippen molar-refractivity contribution in [3.05, 3.63) is 123 Å². The molecule has 0 saturated carbocycles. The van der Waals surface area contributed by atoms with Crippen LogP contribution in [-0.2, 0) is 29.2 Å². The number of nitrogens with zero attached hydrogens (tertiary/aromatic N) is 2. The number of hydrogen-bond acceptors (Lipinski definition) is 7. The molecule has 272 valence electrons. The molecule has 2 heterocycles. The minimum Gasteiger partial charge on any atom is -0.444 e. The molecule has 9 nitrogen and oxygen atoms in total. The van der Waals surface area contributed by atoms with Crippen LogP contribution in [0.5, 0.6) is 0 Å². The average molecular weight is 729 g/mol. The van der Waals surface area contributed by atoms with Gasteiger partial charge in [-0.1, -0.05) is 62.4 Å². The lowest BCUT2D eigenvalue weighted by Gasteiger charge is -2.19. The first-order valence-corrected chi connectivity index (χ1v) is 17.7. The number of pyridine rings is 1. The summed E-state index contributed by atoms with van der Waals surface area (Å²) in [7, 11) is 1.93. The van der Waals surface area contributed by atoms with Crippen molar-refractivity contribution < 1.29 is 27.9 Å². The Morgan fingerprint density at radius 2 is 1.56 bits per heavy atom. The first-order valence-electron chi connectivity index (χ1n) is 16.9. The van der Waals surface area contributed by atoms with Crippen LogP contribution in [0.15, 0.2) is 83.8 Å². The zero-order valence-electron chi connectivity index (χ0n) is 30.0. The Bertz CT molecular complexity index is 2140. The number of alkyl carbamates (subject to hydrolysis) is 1. The molecular formula is C40H42F2N4O5S.